The normalized spacial score (nSPS) is 11.6. The minimum absolute atomic E-state index is 0.124. The second kappa shape index (κ2) is 4.00. The fraction of sp³-hybridized carbons (Fsp3) is 0.625. The van der Waals surface area contributed by atoms with Gasteiger partial charge in [0, 0.05) is 26.0 Å². The molecule has 0 radical (unpaired) electrons. The number of imidazole rings is 1. The lowest BCUT2D eigenvalue weighted by Crippen LogP contribution is -2.15. The molecule has 0 unspecified atom stereocenters. The lowest BCUT2D eigenvalue weighted by atomic mass is 10.6. The Balaban J connectivity index is 2.50. The van der Waals surface area contributed by atoms with Gasteiger partial charge in [-0.2, -0.15) is 0 Å². The second-order valence-corrected chi connectivity index (χ2v) is 5.63. The Morgan fingerprint density at radius 2 is 2.21 bits per heavy atom. The summed E-state index contributed by atoms with van der Waals surface area (Å²) in [5, 5.41) is 2.96. The maximum atomic E-state index is 10.8. The quantitative estimate of drug-likeness (QED) is 0.781. The molecule has 0 saturated carbocycles. The molecule has 0 amide bonds. The van der Waals surface area contributed by atoms with Gasteiger partial charge in [0.1, 0.15) is 9.84 Å². The van der Waals surface area contributed by atoms with E-state index >= 15 is 0 Å². The molecule has 1 rings (SSSR count). The van der Waals surface area contributed by atoms with Crippen LogP contribution in [0.4, 0.5) is 5.95 Å². The van der Waals surface area contributed by atoms with E-state index in [1.165, 1.54) is 6.26 Å². The third-order valence-electron chi connectivity index (χ3n) is 1.75. The summed E-state index contributed by atoms with van der Waals surface area (Å²) >= 11 is 0. The van der Waals surface area contributed by atoms with Gasteiger partial charge in [-0.1, -0.05) is 0 Å². The molecule has 0 bridgehead atoms. The minimum Gasteiger partial charge on any atom is -0.355 e. The summed E-state index contributed by atoms with van der Waals surface area (Å²) in [7, 11) is -1.04. The van der Waals surface area contributed by atoms with E-state index in [1.54, 1.807) is 0 Å². The predicted molar refractivity (Wildman–Crippen MR) is 56.1 cm³/mol. The maximum absolute atomic E-state index is 10.8. The molecule has 0 aliphatic heterocycles. The summed E-state index contributed by atoms with van der Waals surface area (Å²) in [5.74, 6) is 0.824. The number of anilines is 1. The number of sulfone groups is 1. The summed E-state index contributed by atoms with van der Waals surface area (Å²) in [4.78, 5) is 4.19. The van der Waals surface area contributed by atoms with Crippen molar-refractivity contribution in [2.45, 2.75) is 6.92 Å². The van der Waals surface area contributed by atoms with E-state index in [9.17, 15) is 8.42 Å². The van der Waals surface area contributed by atoms with Crippen molar-refractivity contribution in [1.29, 1.82) is 0 Å². The summed E-state index contributed by atoms with van der Waals surface area (Å²) in [6.45, 7) is 2.28. The number of nitrogens with one attached hydrogen (secondary N) is 1. The zero-order valence-corrected chi connectivity index (χ0v) is 9.43. The summed E-state index contributed by atoms with van der Waals surface area (Å²) in [6, 6.07) is 0. The molecule has 0 fully saturated rings. The highest BCUT2D eigenvalue weighted by Crippen LogP contribution is 2.04. The van der Waals surface area contributed by atoms with E-state index < -0.39 is 9.84 Å². The van der Waals surface area contributed by atoms with Gasteiger partial charge in [0.2, 0.25) is 5.95 Å². The number of aromatic nitrogens is 2. The number of rotatable bonds is 4. The van der Waals surface area contributed by atoms with Gasteiger partial charge in [0.15, 0.2) is 0 Å². The van der Waals surface area contributed by atoms with Crippen LogP contribution in [0.1, 0.15) is 5.69 Å². The van der Waals surface area contributed by atoms with Crippen molar-refractivity contribution < 1.29 is 8.42 Å². The van der Waals surface area contributed by atoms with Crippen molar-refractivity contribution >= 4 is 15.8 Å². The lowest BCUT2D eigenvalue weighted by molar-refractivity contribution is 0.602. The first kappa shape index (κ1) is 11.0. The van der Waals surface area contributed by atoms with Crippen molar-refractivity contribution in [2.24, 2.45) is 7.05 Å². The molecule has 0 atom stereocenters. The number of hydrogen-bond donors (Lipinski definition) is 1. The van der Waals surface area contributed by atoms with Crippen LogP contribution in [0.3, 0.4) is 0 Å². The molecular weight excluding hydrogens is 202 g/mol. The number of hydrogen-bond acceptors (Lipinski definition) is 4. The fourth-order valence-electron chi connectivity index (χ4n) is 1.13. The van der Waals surface area contributed by atoms with Crippen molar-refractivity contribution in [3.63, 3.8) is 0 Å². The summed E-state index contributed by atoms with van der Waals surface area (Å²) in [6.07, 6.45) is 3.10. The molecule has 0 aliphatic carbocycles. The van der Waals surface area contributed by atoms with Crippen molar-refractivity contribution in [3.8, 4) is 0 Å². The average Bonchev–Trinajstić information content (AvgIpc) is 2.27. The molecule has 80 valence electrons. The molecule has 1 heterocycles. The molecule has 0 aromatic carbocycles. The smallest absolute Gasteiger partial charge is 0.202 e. The van der Waals surface area contributed by atoms with Crippen LogP contribution in [0.25, 0.3) is 0 Å². The summed E-state index contributed by atoms with van der Waals surface area (Å²) < 4.78 is 23.5. The molecule has 5 nitrogen and oxygen atoms in total. The lowest BCUT2D eigenvalue weighted by Gasteiger charge is -2.04. The van der Waals surface area contributed by atoms with Crippen LogP contribution in [0.15, 0.2) is 6.20 Å². The van der Waals surface area contributed by atoms with Gasteiger partial charge in [0.25, 0.3) is 0 Å². The van der Waals surface area contributed by atoms with Crippen molar-refractivity contribution in [2.75, 3.05) is 23.9 Å². The molecule has 1 aromatic rings. The Morgan fingerprint density at radius 3 is 2.64 bits per heavy atom. The number of aryl methyl sites for hydroxylation is 2. The van der Waals surface area contributed by atoms with Crippen molar-refractivity contribution in [3.05, 3.63) is 11.9 Å². The predicted octanol–water partition coefficient (Wildman–Crippen LogP) is 0.185. The van der Waals surface area contributed by atoms with Crippen molar-refractivity contribution in [1.82, 2.24) is 9.55 Å². The molecule has 0 spiro atoms. The molecule has 0 saturated heterocycles. The van der Waals surface area contributed by atoms with E-state index in [2.05, 4.69) is 10.3 Å². The first-order valence-electron chi connectivity index (χ1n) is 4.30. The maximum Gasteiger partial charge on any atom is 0.202 e. The van der Waals surface area contributed by atoms with Gasteiger partial charge < -0.3 is 9.88 Å². The highest BCUT2D eigenvalue weighted by Gasteiger charge is 2.04. The Morgan fingerprint density at radius 1 is 1.57 bits per heavy atom. The molecule has 0 aliphatic rings. The van der Waals surface area contributed by atoms with Crippen LogP contribution in [0, 0.1) is 6.92 Å². The SMILES string of the molecule is Cc1cn(C)c(NCCS(C)(=O)=O)n1. The zero-order chi connectivity index (χ0) is 10.8. The summed E-state index contributed by atoms with van der Waals surface area (Å²) in [5.41, 5.74) is 0.911. The highest BCUT2D eigenvalue weighted by atomic mass is 32.2. The first-order valence-corrected chi connectivity index (χ1v) is 6.36. The van der Waals surface area contributed by atoms with Gasteiger partial charge in [-0.25, -0.2) is 13.4 Å². The van der Waals surface area contributed by atoms with Gasteiger partial charge in [-0.15, -0.1) is 0 Å². The largest absolute Gasteiger partial charge is 0.355 e. The van der Waals surface area contributed by atoms with E-state index in [-0.39, 0.29) is 5.75 Å². The van der Waals surface area contributed by atoms with E-state index in [0.29, 0.717) is 12.5 Å². The Hall–Kier alpha value is -1.04. The fourth-order valence-corrected chi connectivity index (χ4v) is 1.60. The molecule has 1 aromatic heterocycles. The number of nitrogens with zero attached hydrogens (tertiary/aromatic N) is 2. The second-order valence-electron chi connectivity index (χ2n) is 3.37. The third kappa shape index (κ3) is 3.37. The molecule has 6 heteroatoms. The Kier molecular flexibility index (Phi) is 3.15. The van der Waals surface area contributed by atoms with Crippen LogP contribution < -0.4 is 5.32 Å². The third-order valence-corrected chi connectivity index (χ3v) is 2.70. The van der Waals surface area contributed by atoms with Gasteiger partial charge >= 0.3 is 0 Å². The average molecular weight is 217 g/mol. The van der Waals surface area contributed by atoms with Crippen LogP contribution in [0.2, 0.25) is 0 Å². The van der Waals surface area contributed by atoms with E-state index in [1.807, 2.05) is 24.7 Å². The van der Waals surface area contributed by atoms with Crippen LogP contribution in [-0.2, 0) is 16.9 Å². The highest BCUT2D eigenvalue weighted by molar-refractivity contribution is 7.90. The van der Waals surface area contributed by atoms with Gasteiger partial charge in [-0.05, 0) is 6.92 Å². The standard InChI is InChI=1S/C8H15N3O2S/c1-7-6-11(2)8(10-7)9-4-5-14(3,12)13/h6H,4-5H2,1-3H3,(H,9,10). The van der Waals surface area contributed by atoms with Crippen LogP contribution >= 0.6 is 0 Å². The molecule has 14 heavy (non-hydrogen) atoms. The van der Waals surface area contributed by atoms with Crippen LogP contribution in [-0.4, -0.2) is 36.5 Å². The minimum atomic E-state index is -2.90. The monoisotopic (exact) mass is 217 g/mol. The van der Waals surface area contributed by atoms with Crippen LogP contribution in [0.5, 0.6) is 0 Å². The van der Waals surface area contributed by atoms with E-state index in [0.717, 1.165) is 5.69 Å². The first-order chi connectivity index (χ1) is 6.38. The van der Waals surface area contributed by atoms with Gasteiger partial charge in [-0.3, -0.25) is 0 Å². The Bertz CT molecular complexity index is 408. The van der Waals surface area contributed by atoms with Gasteiger partial charge in [0.05, 0.1) is 11.4 Å². The Labute approximate surface area is 84.1 Å². The zero-order valence-electron chi connectivity index (χ0n) is 8.61. The molecular formula is C8H15N3O2S. The van der Waals surface area contributed by atoms with E-state index in [4.69, 9.17) is 0 Å². The molecule has 1 N–H and O–H groups in total. The topological polar surface area (TPSA) is 64.0 Å².